The van der Waals surface area contributed by atoms with Crippen LogP contribution in [0.2, 0.25) is 0 Å². The highest BCUT2D eigenvalue weighted by atomic mass is 16.2. The van der Waals surface area contributed by atoms with Gasteiger partial charge in [-0.3, -0.25) is 9.69 Å². The average molecular weight is 355 g/mol. The Kier molecular flexibility index (Phi) is 4.49. The fourth-order valence-electron chi connectivity index (χ4n) is 4.11. The average Bonchev–Trinajstić information content (AvgIpc) is 2.99. The lowest BCUT2D eigenvalue weighted by Crippen LogP contribution is -2.61. The summed E-state index contributed by atoms with van der Waals surface area (Å²) in [6, 6.07) is 4.62. The topological polar surface area (TPSA) is 61.7 Å². The van der Waals surface area contributed by atoms with Crippen LogP contribution in [0.4, 0.5) is 0 Å². The molecule has 1 saturated heterocycles. The second kappa shape index (κ2) is 6.67. The zero-order valence-electron chi connectivity index (χ0n) is 16.0. The molecule has 1 aliphatic carbocycles. The molecule has 6 heteroatoms. The van der Waals surface area contributed by atoms with Crippen LogP contribution in [0.1, 0.15) is 44.5 Å². The Morgan fingerprint density at radius 1 is 1.38 bits per heavy atom. The molecule has 1 atom stereocenters. The van der Waals surface area contributed by atoms with E-state index in [9.17, 15) is 4.79 Å². The number of rotatable bonds is 4. The Hall–Kier alpha value is -1.92. The second-order valence-corrected chi connectivity index (χ2v) is 8.23. The van der Waals surface area contributed by atoms with Crippen LogP contribution in [0.15, 0.2) is 24.5 Å². The Morgan fingerprint density at radius 2 is 2.19 bits per heavy atom. The van der Waals surface area contributed by atoms with Gasteiger partial charge in [0.2, 0.25) is 5.91 Å². The van der Waals surface area contributed by atoms with Crippen molar-refractivity contribution >= 4 is 11.4 Å². The van der Waals surface area contributed by atoms with E-state index < -0.39 is 5.54 Å². The lowest BCUT2D eigenvalue weighted by atomic mass is 9.90. The number of nitrogens with one attached hydrogen (secondary N) is 2. The monoisotopic (exact) mass is 355 g/mol. The molecule has 0 bridgehead atoms. The van der Waals surface area contributed by atoms with Crippen molar-refractivity contribution in [2.75, 3.05) is 19.6 Å². The van der Waals surface area contributed by atoms with Gasteiger partial charge in [0, 0.05) is 31.9 Å². The van der Waals surface area contributed by atoms with Gasteiger partial charge in [0.05, 0.1) is 23.3 Å². The summed E-state index contributed by atoms with van der Waals surface area (Å²) in [7, 11) is 0. The number of pyridine rings is 1. The van der Waals surface area contributed by atoms with Crippen molar-refractivity contribution in [3.05, 3.63) is 35.9 Å². The number of imidazole rings is 1. The van der Waals surface area contributed by atoms with Crippen LogP contribution < -0.4 is 10.6 Å². The summed E-state index contributed by atoms with van der Waals surface area (Å²) in [5.74, 6) is 0.916. The molecular formula is C20H29N5O. The van der Waals surface area contributed by atoms with Gasteiger partial charge in [-0.2, -0.15) is 0 Å². The molecule has 6 nitrogen and oxygen atoms in total. The summed E-state index contributed by atoms with van der Waals surface area (Å²) in [6.45, 7) is 8.84. The standard InChI is InChI=1S/C20H29N5O/c1-14-6-5-10-25-17(14)12-22-19(25)20(2,3)23-18(26)16-13-24(11-9-21-16)15-7-4-8-15/h5-6,10,12,15-16,21H,4,7-9,11,13H2,1-3H3,(H,23,26)/t16-/m0/s1. The fraction of sp³-hybridized carbons (Fsp3) is 0.600. The summed E-state index contributed by atoms with van der Waals surface area (Å²) in [4.78, 5) is 20.0. The first-order chi connectivity index (χ1) is 12.5. The SMILES string of the molecule is Cc1cccn2c(C(C)(C)NC(=O)[C@@H]3CN(C4CCC4)CCN3)ncc12. The molecule has 26 heavy (non-hydrogen) atoms. The van der Waals surface area contributed by atoms with E-state index in [-0.39, 0.29) is 11.9 Å². The summed E-state index contributed by atoms with van der Waals surface area (Å²) in [6.07, 6.45) is 7.77. The molecule has 2 N–H and O–H groups in total. The number of aromatic nitrogens is 2. The normalized spacial score (nSPS) is 22.3. The number of amides is 1. The molecule has 2 aromatic heterocycles. The Morgan fingerprint density at radius 3 is 2.92 bits per heavy atom. The molecule has 2 fully saturated rings. The van der Waals surface area contributed by atoms with E-state index in [1.165, 1.54) is 24.8 Å². The predicted octanol–water partition coefficient (Wildman–Crippen LogP) is 1.82. The maximum atomic E-state index is 12.9. The molecule has 1 aliphatic heterocycles. The van der Waals surface area contributed by atoms with Gasteiger partial charge in [0.25, 0.3) is 0 Å². The van der Waals surface area contributed by atoms with E-state index >= 15 is 0 Å². The minimum atomic E-state index is -0.544. The van der Waals surface area contributed by atoms with Crippen molar-refractivity contribution in [1.29, 1.82) is 0 Å². The highest BCUT2D eigenvalue weighted by Gasteiger charge is 2.35. The summed E-state index contributed by atoms with van der Waals surface area (Å²) >= 11 is 0. The smallest absolute Gasteiger partial charge is 0.239 e. The molecule has 2 aliphatic rings. The molecule has 3 heterocycles. The molecule has 4 rings (SSSR count). The van der Waals surface area contributed by atoms with Crippen LogP contribution in [0.25, 0.3) is 5.52 Å². The third-order valence-corrected chi connectivity index (χ3v) is 5.89. The quantitative estimate of drug-likeness (QED) is 0.878. The van der Waals surface area contributed by atoms with E-state index in [4.69, 9.17) is 0 Å². The Balaban J connectivity index is 1.49. The summed E-state index contributed by atoms with van der Waals surface area (Å²) in [5, 5.41) is 6.61. The number of piperazine rings is 1. The van der Waals surface area contributed by atoms with E-state index in [0.29, 0.717) is 6.04 Å². The number of carbonyl (C=O) groups excluding carboxylic acids is 1. The number of carbonyl (C=O) groups is 1. The van der Waals surface area contributed by atoms with Gasteiger partial charge < -0.3 is 15.0 Å². The third kappa shape index (κ3) is 3.12. The maximum absolute atomic E-state index is 12.9. The van der Waals surface area contributed by atoms with Gasteiger partial charge in [-0.15, -0.1) is 0 Å². The minimum absolute atomic E-state index is 0.0587. The summed E-state index contributed by atoms with van der Waals surface area (Å²) in [5.41, 5.74) is 1.72. The van der Waals surface area contributed by atoms with Crippen molar-refractivity contribution in [3.63, 3.8) is 0 Å². The number of fused-ring (bicyclic) bond motifs is 1. The van der Waals surface area contributed by atoms with Crippen LogP contribution in [-0.4, -0.2) is 51.9 Å². The molecule has 1 saturated carbocycles. The van der Waals surface area contributed by atoms with Crippen molar-refractivity contribution in [3.8, 4) is 0 Å². The van der Waals surface area contributed by atoms with E-state index in [1.807, 2.05) is 32.3 Å². The first-order valence-electron chi connectivity index (χ1n) is 9.68. The lowest BCUT2D eigenvalue weighted by Gasteiger charge is -2.42. The highest BCUT2D eigenvalue weighted by molar-refractivity contribution is 5.83. The zero-order chi connectivity index (χ0) is 18.3. The number of hydrogen-bond donors (Lipinski definition) is 2. The van der Waals surface area contributed by atoms with Crippen LogP contribution in [0.5, 0.6) is 0 Å². The Bertz CT molecular complexity index is 808. The van der Waals surface area contributed by atoms with Gasteiger partial charge in [0.1, 0.15) is 5.82 Å². The molecule has 0 spiro atoms. The number of aryl methyl sites for hydroxylation is 1. The van der Waals surface area contributed by atoms with Crippen molar-refractivity contribution in [2.45, 2.75) is 57.7 Å². The van der Waals surface area contributed by atoms with Gasteiger partial charge in [-0.1, -0.05) is 12.5 Å². The first kappa shape index (κ1) is 17.5. The van der Waals surface area contributed by atoms with E-state index in [0.717, 1.165) is 31.0 Å². The van der Waals surface area contributed by atoms with Crippen molar-refractivity contribution < 1.29 is 4.79 Å². The molecule has 140 valence electrons. The molecule has 0 radical (unpaired) electrons. The van der Waals surface area contributed by atoms with Crippen molar-refractivity contribution in [2.24, 2.45) is 0 Å². The summed E-state index contributed by atoms with van der Waals surface area (Å²) < 4.78 is 2.07. The molecule has 2 aromatic rings. The highest BCUT2D eigenvalue weighted by Crippen LogP contribution is 2.26. The van der Waals surface area contributed by atoms with Gasteiger partial charge in [-0.05, 0) is 45.2 Å². The second-order valence-electron chi connectivity index (χ2n) is 8.23. The molecule has 1 amide bonds. The predicted molar refractivity (Wildman–Crippen MR) is 102 cm³/mol. The molecule has 0 aromatic carbocycles. The fourth-order valence-corrected chi connectivity index (χ4v) is 4.11. The van der Waals surface area contributed by atoms with Gasteiger partial charge >= 0.3 is 0 Å². The van der Waals surface area contributed by atoms with Crippen molar-refractivity contribution in [1.82, 2.24) is 24.9 Å². The first-order valence-corrected chi connectivity index (χ1v) is 9.68. The van der Waals surface area contributed by atoms with E-state index in [1.54, 1.807) is 0 Å². The van der Waals surface area contributed by atoms with E-state index in [2.05, 4.69) is 37.9 Å². The largest absolute Gasteiger partial charge is 0.343 e. The van der Waals surface area contributed by atoms with Gasteiger partial charge in [0.15, 0.2) is 0 Å². The van der Waals surface area contributed by atoms with Gasteiger partial charge in [-0.25, -0.2) is 4.98 Å². The molecular weight excluding hydrogens is 326 g/mol. The third-order valence-electron chi connectivity index (χ3n) is 5.89. The van der Waals surface area contributed by atoms with Crippen LogP contribution in [-0.2, 0) is 10.3 Å². The number of nitrogens with zero attached hydrogens (tertiary/aromatic N) is 3. The maximum Gasteiger partial charge on any atom is 0.239 e. The van der Waals surface area contributed by atoms with Crippen LogP contribution >= 0.6 is 0 Å². The number of hydrogen-bond acceptors (Lipinski definition) is 4. The lowest BCUT2D eigenvalue weighted by molar-refractivity contribution is -0.126. The van der Waals surface area contributed by atoms with Crippen LogP contribution in [0, 0.1) is 6.92 Å². The van der Waals surface area contributed by atoms with Crippen LogP contribution in [0.3, 0.4) is 0 Å². The zero-order valence-corrected chi connectivity index (χ0v) is 16.0. The minimum Gasteiger partial charge on any atom is -0.343 e. The molecule has 0 unspecified atom stereocenters. The Labute approximate surface area is 155 Å².